The molecule has 3 heterocycles. The van der Waals surface area contributed by atoms with E-state index in [9.17, 15) is 0 Å². The predicted octanol–water partition coefficient (Wildman–Crippen LogP) is 12.0. The summed E-state index contributed by atoms with van der Waals surface area (Å²) in [7, 11) is 0. The van der Waals surface area contributed by atoms with Crippen molar-refractivity contribution in [2.45, 2.75) is 19.3 Å². The molecule has 0 atom stereocenters. The molecule has 5 nitrogen and oxygen atoms in total. The second-order valence-corrected chi connectivity index (χ2v) is 14.7. The molecule has 1 aliphatic carbocycles. The van der Waals surface area contributed by atoms with Crippen LogP contribution in [0.4, 0.5) is 0 Å². The Hall–Kier alpha value is -6.98. The van der Waals surface area contributed by atoms with Crippen LogP contribution in [0.5, 0.6) is 0 Å². The van der Waals surface area contributed by atoms with Gasteiger partial charge in [0.2, 0.25) is 0 Å². The van der Waals surface area contributed by atoms with E-state index in [-0.39, 0.29) is 5.41 Å². The summed E-state index contributed by atoms with van der Waals surface area (Å²) in [4.78, 5) is 20.7. The zero-order valence-corrected chi connectivity index (χ0v) is 29.8. The standard InChI is InChI=1S/C49H33N5/c1-49(2)42-29-32(54-43-25-8-7-19-36(43)40-24-12-28-50-48(40)54)26-27-35(42)37-20-11-23-41(44(37)49)47-52-45(38-21-9-15-30-13-3-5-17-33(30)38)51-46(53-47)39-22-10-16-31-14-4-6-18-34(31)39/h3-29H,1-2H3. The summed E-state index contributed by atoms with van der Waals surface area (Å²) in [6.07, 6.45) is 1.88. The molecule has 0 saturated heterocycles. The van der Waals surface area contributed by atoms with Crippen molar-refractivity contribution in [1.29, 1.82) is 0 Å². The summed E-state index contributed by atoms with van der Waals surface area (Å²) >= 11 is 0. The fraction of sp³-hybridized carbons (Fsp3) is 0.0612. The lowest BCUT2D eigenvalue weighted by atomic mass is 9.80. The molecule has 10 aromatic rings. The average Bonchev–Trinajstić information content (AvgIpc) is 3.68. The number of aromatic nitrogens is 5. The first-order chi connectivity index (χ1) is 26.5. The van der Waals surface area contributed by atoms with Crippen molar-refractivity contribution < 1.29 is 0 Å². The van der Waals surface area contributed by atoms with E-state index in [1.165, 1.54) is 27.6 Å². The van der Waals surface area contributed by atoms with E-state index in [1.54, 1.807) is 0 Å². The van der Waals surface area contributed by atoms with Crippen molar-refractivity contribution in [3.8, 4) is 51.0 Å². The lowest BCUT2D eigenvalue weighted by Gasteiger charge is -2.24. The first-order valence-electron chi connectivity index (χ1n) is 18.4. The molecule has 3 aromatic heterocycles. The molecule has 0 fully saturated rings. The molecular weight excluding hydrogens is 659 g/mol. The maximum atomic E-state index is 5.33. The Labute approximate surface area is 312 Å². The first kappa shape index (κ1) is 30.6. The third-order valence-electron chi connectivity index (χ3n) is 11.3. The van der Waals surface area contributed by atoms with E-state index in [2.05, 4.69) is 170 Å². The van der Waals surface area contributed by atoms with Gasteiger partial charge in [0.25, 0.3) is 0 Å². The lowest BCUT2D eigenvalue weighted by Crippen LogP contribution is -2.17. The Morgan fingerprint density at radius 2 is 0.981 bits per heavy atom. The van der Waals surface area contributed by atoms with Crippen LogP contribution in [0.1, 0.15) is 25.0 Å². The Morgan fingerprint density at radius 3 is 1.69 bits per heavy atom. The fourth-order valence-electron chi connectivity index (χ4n) is 8.83. The molecule has 0 unspecified atom stereocenters. The molecule has 1 aliphatic rings. The number of hydrogen-bond acceptors (Lipinski definition) is 4. The van der Waals surface area contributed by atoms with E-state index in [1.807, 2.05) is 12.3 Å². The van der Waals surface area contributed by atoms with Crippen LogP contribution in [0, 0.1) is 0 Å². The second-order valence-electron chi connectivity index (χ2n) is 14.7. The summed E-state index contributed by atoms with van der Waals surface area (Å²) in [6, 6.07) is 55.7. The van der Waals surface area contributed by atoms with Gasteiger partial charge in [-0.05, 0) is 74.1 Å². The highest BCUT2D eigenvalue weighted by Gasteiger charge is 2.39. The van der Waals surface area contributed by atoms with Crippen molar-refractivity contribution in [2.75, 3.05) is 0 Å². The average molecular weight is 692 g/mol. The molecule has 0 aliphatic heterocycles. The van der Waals surface area contributed by atoms with Gasteiger partial charge in [0.15, 0.2) is 17.5 Å². The smallest absolute Gasteiger partial charge is 0.164 e. The maximum Gasteiger partial charge on any atom is 0.164 e. The number of rotatable bonds is 4. The largest absolute Gasteiger partial charge is 0.294 e. The normalized spacial score (nSPS) is 13.1. The fourth-order valence-corrected chi connectivity index (χ4v) is 8.83. The van der Waals surface area contributed by atoms with Gasteiger partial charge in [-0.1, -0.05) is 141 Å². The molecular formula is C49H33N5. The van der Waals surface area contributed by atoms with Crippen LogP contribution in [0.3, 0.4) is 0 Å². The van der Waals surface area contributed by atoms with Crippen molar-refractivity contribution >= 4 is 43.5 Å². The van der Waals surface area contributed by atoms with Crippen LogP contribution >= 0.6 is 0 Å². The van der Waals surface area contributed by atoms with E-state index < -0.39 is 0 Å². The first-order valence-corrected chi connectivity index (χ1v) is 18.4. The molecule has 7 aromatic carbocycles. The minimum Gasteiger partial charge on any atom is -0.294 e. The SMILES string of the molecule is CC1(C)c2cc(-n3c4ccccc4c4cccnc43)ccc2-c2cccc(-c3nc(-c4cccc5ccccc45)nc(-c4cccc5ccccc45)n3)c21. The number of pyridine rings is 1. The van der Waals surface area contributed by atoms with Crippen molar-refractivity contribution in [3.63, 3.8) is 0 Å². The van der Waals surface area contributed by atoms with Gasteiger partial charge in [0.1, 0.15) is 5.65 Å². The third-order valence-corrected chi connectivity index (χ3v) is 11.3. The highest BCUT2D eigenvalue weighted by Crippen LogP contribution is 2.52. The van der Waals surface area contributed by atoms with Gasteiger partial charge in [0.05, 0.1) is 5.52 Å². The predicted molar refractivity (Wildman–Crippen MR) is 221 cm³/mol. The van der Waals surface area contributed by atoms with Gasteiger partial charge in [0, 0.05) is 44.8 Å². The van der Waals surface area contributed by atoms with E-state index in [0.29, 0.717) is 17.5 Å². The topological polar surface area (TPSA) is 56.5 Å². The van der Waals surface area contributed by atoms with Crippen LogP contribution in [0.2, 0.25) is 0 Å². The molecule has 0 bridgehead atoms. The van der Waals surface area contributed by atoms with Crippen LogP contribution in [-0.2, 0) is 5.41 Å². The van der Waals surface area contributed by atoms with E-state index in [4.69, 9.17) is 19.9 Å². The van der Waals surface area contributed by atoms with Gasteiger partial charge in [-0.25, -0.2) is 19.9 Å². The number of fused-ring (bicyclic) bond motifs is 8. The van der Waals surface area contributed by atoms with Crippen LogP contribution in [0.25, 0.3) is 94.5 Å². The molecule has 11 rings (SSSR count). The maximum absolute atomic E-state index is 5.33. The highest BCUT2D eigenvalue weighted by molar-refractivity contribution is 6.08. The quantitative estimate of drug-likeness (QED) is 0.184. The Balaban J connectivity index is 1.13. The summed E-state index contributed by atoms with van der Waals surface area (Å²) in [5.41, 5.74) is 10.7. The van der Waals surface area contributed by atoms with Crippen molar-refractivity contribution in [2.24, 2.45) is 0 Å². The van der Waals surface area contributed by atoms with Crippen LogP contribution in [-0.4, -0.2) is 24.5 Å². The van der Waals surface area contributed by atoms with Crippen molar-refractivity contribution in [3.05, 3.63) is 175 Å². The van der Waals surface area contributed by atoms with Gasteiger partial charge < -0.3 is 0 Å². The molecule has 0 N–H and O–H groups in total. The summed E-state index contributed by atoms with van der Waals surface area (Å²) in [6.45, 7) is 4.65. The number of benzene rings is 7. The molecule has 0 radical (unpaired) electrons. The van der Waals surface area contributed by atoms with Gasteiger partial charge >= 0.3 is 0 Å². The molecule has 254 valence electrons. The number of hydrogen-bond donors (Lipinski definition) is 0. The summed E-state index contributed by atoms with van der Waals surface area (Å²) < 4.78 is 2.30. The number of nitrogens with zero attached hydrogens (tertiary/aromatic N) is 5. The number of para-hydroxylation sites is 1. The highest BCUT2D eigenvalue weighted by atomic mass is 15.0. The van der Waals surface area contributed by atoms with Gasteiger partial charge in [-0.2, -0.15) is 0 Å². The molecule has 0 amide bonds. The van der Waals surface area contributed by atoms with E-state index in [0.717, 1.165) is 60.5 Å². The van der Waals surface area contributed by atoms with Gasteiger partial charge in [-0.15, -0.1) is 0 Å². The Kier molecular flexibility index (Phi) is 6.53. The Bertz CT molecular complexity index is 2990. The third kappa shape index (κ3) is 4.45. The zero-order valence-electron chi connectivity index (χ0n) is 29.8. The van der Waals surface area contributed by atoms with Crippen LogP contribution < -0.4 is 0 Å². The van der Waals surface area contributed by atoms with Crippen LogP contribution in [0.15, 0.2) is 164 Å². The summed E-state index contributed by atoms with van der Waals surface area (Å²) in [5, 5.41) is 6.87. The molecule has 5 heteroatoms. The van der Waals surface area contributed by atoms with Crippen molar-refractivity contribution in [1.82, 2.24) is 24.5 Å². The summed E-state index contributed by atoms with van der Waals surface area (Å²) in [5.74, 6) is 1.99. The molecule has 54 heavy (non-hydrogen) atoms. The van der Waals surface area contributed by atoms with Gasteiger partial charge in [-0.3, -0.25) is 4.57 Å². The minimum atomic E-state index is -0.352. The molecule has 0 saturated carbocycles. The zero-order chi connectivity index (χ0) is 36.0. The minimum absolute atomic E-state index is 0.352. The molecule has 0 spiro atoms. The Morgan fingerprint density at radius 1 is 0.444 bits per heavy atom. The second kappa shape index (κ2) is 11.5. The van der Waals surface area contributed by atoms with E-state index >= 15 is 0 Å². The lowest BCUT2D eigenvalue weighted by molar-refractivity contribution is 0.660. The monoisotopic (exact) mass is 691 g/mol.